The molecule has 0 radical (unpaired) electrons. The molecular formula is C18H20F3N5O2S. The van der Waals surface area contributed by atoms with Crippen LogP contribution >= 0.6 is 0 Å². The van der Waals surface area contributed by atoms with E-state index in [1.165, 1.54) is 4.57 Å². The average molecular weight is 427 g/mol. The molecule has 1 aliphatic rings. The second-order valence-electron chi connectivity index (χ2n) is 7.41. The molecule has 0 saturated heterocycles. The molecule has 3 aromatic heterocycles. The van der Waals surface area contributed by atoms with Crippen molar-refractivity contribution in [1.29, 1.82) is 0 Å². The Balaban J connectivity index is 1.98. The Bertz CT molecular complexity index is 1210. The van der Waals surface area contributed by atoms with Gasteiger partial charge in [0.2, 0.25) is 0 Å². The molecule has 156 valence electrons. The van der Waals surface area contributed by atoms with Crippen molar-refractivity contribution in [2.45, 2.75) is 44.3 Å². The lowest BCUT2D eigenvalue weighted by atomic mass is 9.98. The van der Waals surface area contributed by atoms with Crippen molar-refractivity contribution in [3.05, 3.63) is 23.5 Å². The SMILES string of the molecule is CCS(=O)(=O)c1c(-c2nc3cc(C(F)(F)F)cnc3n2C)nn2c1CC(C)CC2. The average Bonchev–Trinajstić information content (AvgIpc) is 3.18. The minimum absolute atomic E-state index is 0.0384. The van der Waals surface area contributed by atoms with E-state index in [4.69, 9.17) is 0 Å². The number of hydrogen-bond donors (Lipinski definition) is 0. The smallest absolute Gasteiger partial charge is 0.310 e. The summed E-state index contributed by atoms with van der Waals surface area (Å²) in [4.78, 5) is 8.31. The fourth-order valence-electron chi connectivity index (χ4n) is 3.70. The van der Waals surface area contributed by atoms with Crippen LogP contribution in [0.4, 0.5) is 13.2 Å². The molecule has 29 heavy (non-hydrogen) atoms. The maximum atomic E-state index is 13.0. The molecule has 0 bridgehead atoms. The van der Waals surface area contributed by atoms with E-state index in [1.807, 2.05) is 0 Å². The number of aromatic nitrogens is 5. The van der Waals surface area contributed by atoms with Crippen molar-refractivity contribution < 1.29 is 21.6 Å². The molecule has 0 aromatic carbocycles. The van der Waals surface area contributed by atoms with Crippen LogP contribution in [0.2, 0.25) is 0 Å². The van der Waals surface area contributed by atoms with Gasteiger partial charge in [-0.15, -0.1) is 0 Å². The lowest BCUT2D eigenvalue weighted by Gasteiger charge is -2.20. The Morgan fingerprint density at radius 1 is 1.31 bits per heavy atom. The summed E-state index contributed by atoms with van der Waals surface area (Å²) in [5.41, 5.74) is 0.166. The maximum absolute atomic E-state index is 13.0. The zero-order chi connectivity index (χ0) is 21.1. The second-order valence-corrected chi connectivity index (χ2v) is 9.62. The van der Waals surface area contributed by atoms with E-state index in [0.717, 1.165) is 18.7 Å². The molecule has 0 fully saturated rings. The molecule has 11 heteroatoms. The Hall–Kier alpha value is -2.43. The molecule has 0 N–H and O–H groups in total. The number of nitrogens with zero attached hydrogens (tertiary/aromatic N) is 5. The second kappa shape index (κ2) is 6.54. The molecule has 0 amide bonds. The molecule has 1 unspecified atom stereocenters. The van der Waals surface area contributed by atoms with Gasteiger partial charge in [0.15, 0.2) is 21.3 Å². The van der Waals surface area contributed by atoms with E-state index in [2.05, 4.69) is 22.0 Å². The Morgan fingerprint density at radius 2 is 2.03 bits per heavy atom. The van der Waals surface area contributed by atoms with Crippen molar-refractivity contribution in [2.24, 2.45) is 13.0 Å². The first-order valence-electron chi connectivity index (χ1n) is 9.25. The van der Waals surface area contributed by atoms with Gasteiger partial charge in [-0.05, 0) is 24.8 Å². The first-order valence-corrected chi connectivity index (χ1v) is 10.9. The predicted octanol–water partition coefficient (Wildman–Crippen LogP) is 3.23. The van der Waals surface area contributed by atoms with Crippen molar-refractivity contribution in [1.82, 2.24) is 24.3 Å². The topological polar surface area (TPSA) is 82.7 Å². The van der Waals surface area contributed by atoms with Gasteiger partial charge in [-0.2, -0.15) is 18.3 Å². The molecule has 3 aromatic rings. The third-order valence-electron chi connectivity index (χ3n) is 5.32. The van der Waals surface area contributed by atoms with Crippen LogP contribution in [0.3, 0.4) is 0 Å². The van der Waals surface area contributed by atoms with Gasteiger partial charge in [-0.3, -0.25) is 4.68 Å². The van der Waals surface area contributed by atoms with Gasteiger partial charge in [0, 0.05) is 19.8 Å². The third-order valence-corrected chi connectivity index (χ3v) is 7.14. The number of hydrogen-bond acceptors (Lipinski definition) is 5. The number of halogens is 3. The highest BCUT2D eigenvalue weighted by atomic mass is 32.2. The molecule has 7 nitrogen and oxygen atoms in total. The van der Waals surface area contributed by atoms with Gasteiger partial charge in [-0.25, -0.2) is 18.4 Å². The molecule has 4 rings (SSSR count). The zero-order valence-electron chi connectivity index (χ0n) is 16.2. The molecule has 1 atom stereocenters. The first-order chi connectivity index (χ1) is 13.5. The number of sulfone groups is 1. The Labute approximate surface area is 165 Å². The summed E-state index contributed by atoms with van der Waals surface area (Å²) in [5, 5.41) is 4.50. The van der Waals surface area contributed by atoms with E-state index in [9.17, 15) is 21.6 Å². The lowest BCUT2D eigenvalue weighted by Crippen LogP contribution is -2.19. The van der Waals surface area contributed by atoms with Crippen molar-refractivity contribution in [3.63, 3.8) is 0 Å². The van der Waals surface area contributed by atoms with Crippen LogP contribution in [0.25, 0.3) is 22.7 Å². The van der Waals surface area contributed by atoms with Gasteiger partial charge in [0.1, 0.15) is 16.1 Å². The molecular weight excluding hydrogens is 407 g/mol. The van der Waals surface area contributed by atoms with Crippen LogP contribution in [0, 0.1) is 5.92 Å². The van der Waals surface area contributed by atoms with Gasteiger partial charge in [0.25, 0.3) is 0 Å². The van der Waals surface area contributed by atoms with Gasteiger partial charge < -0.3 is 4.57 Å². The quantitative estimate of drug-likeness (QED) is 0.641. The van der Waals surface area contributed by atoms with Crippen LogP contribution in [0.5, 0.6) is 0 Å². The van der Waals surface area contributed by atoms with E-state index in [0.29, 0.717) is 24.6 Å². The van der Waals surface area contributed by atoms with E-state index >= 15 is 0 Å². The summed E-state index contributed by atoms with van der Waals surface area (Å²) in [6.07, 6.45) is -2.35. The van der Waals surface area contributed by atoms with Gasteiger partial charge >= 0.3 is 6.18 Å². The summed E-state index contributed by atoms with van der Waals surface area (Å²) in [6, 6.07) is 0.915. The van der Waals surface area contributed by atoms with Crippen LogP contribution in [0.1, 0.15) is 31.5 Å². The highest BCUT2D eigenvalue weighted by Crippen LogP contribution is 2.36. The summed E-state index contributed by atoms with van der Waals surface area (Å²) in [6.45, 7) is 4.20. The number of fused-ring (bicyclic) bond motifs is 2. The number of rotatable bonds is 3. The minimum Gasteiger partial charge on any atom is -0.310 e. The number of aryl methyl sites for hydroxylation is 2. The first kappa shape index (κ1) is 19.9. The summed E-state index contributed by atoms with van der Waals surface area (Å²) in [7, 11) is -2.03. The van der Waals surface area contributed by atoms with Crippen molar-refractivity contribution in [3.8, 4) is 11.5 Å². The third kappa shape index (κ3) is 3.21. The fraction of sp³-hybridized carbons (Fsp3) is 0.500. The standard InChI is InChI=1S/C18H20F3N5O2S/c1-4-29(27,28)15-13-7-10(2)5-6-26(13)24-14(15)17-23-12-8-11(18(19,20)21)9-22-16(12)25(17)3/h8-10H,4-7H2,1-3H3. The van der Waals surface area contributed by atoms with E-state index < -0.39 is 21.6 Å². The zero-order valence-corrected chi connectivity index (χ0v) is 17.0. The normalized spacial score (nSPS) is 17.7. The summed E-state index contributed by atoms with van der Waals surface area (Å²) >= 11 is 0. The molecule has 0 aliphatic carbocycles. The lowest BCUT2D eigenvalue weighted by molar-refractivity contribution is -0.137. The number of alkyl halides is 3. The summed E-state index contributed by atoms with van der Waals surface area (Å²) in [5.74, 6) is 0.399. The number of pyridine rings is 1. The largest absolute Gasteiger partial charge is 0.417 e. The van der Waals surface area contributed by atoms with Crippen LogP contribution in [-0.4, -0.2) is 38.5 Å². The van der Waals surface area contributed by atoms with Crippen molar-refractivity contribution >= 4 is 21.0 Å². The highest BCUT2D eigenvalue weighted by molar-refractivity contribution is 7.91. The van der Waals surface area contributed by atoms with Crippen molar-refractivity contribution in [2.75, 3.05) is 5.75 Å². The molecule has 0 spiro atoms. The van der Waals surface area contributed by atoms with Crippen LogP contribution in [0.15, 0.2) is 17.2 Å². The Morgan fingerprint density at radius 3 is 2.69 bits per heavy atom. The fourth-order valence-corrected chi connectivity index (χ4v) is 4.96. The van der Waals surface area contributed by atoms with E-state index in [-0.39, 0.29) is 33.3 Å². The van der Waals surface area contributed by atoms with Gasteiger partial charge in [0.05, 0.1) is 17.0 Å². The monoisotopic (exact) mass is 427 g/mol. The van der Waals surface area contributed by atoms with Crippen LogP contribution < -0.4 is 0 Å². The molecule has 1 aliphatic heterocycles. The molecule has 0 saturated carbocycles. The highest BCUT2D eigenvalue weighted by Gasteiger charge is 2.34. The van der Waals surface area contributed by atoms with E-state index in [1.54, 1.807) is 18.7 Å². The predicted molar refractivity (Wildman–Crippen MR) is 99.9 cm³/mol. The van der Waals surface area contributed by atoms with Gasteiger partial charge in [-0.1, -0.05) is 13.8 Å². The maximum Gasteiger partial charge on any atom is 0.417 e. The molecule has 4 heterocycles. The Kier molecular flexibility index (Phi) is 4.48. The minimum atomic E-state index is -4.54. The van der Waals surface area contributed by atoms with Crippen LogP contribution in [-0.2, 0) is 36.0 Å². The summed E-state index contributed by atoms with van der Waals surface area (Å²) < 4.78 is 68.1. The number of imidazole rings is 1.